The van der Waals surface area contributed by atoms with Gasteiger partial charge in [0.05, 0.1) is 20.8 Å². The number of benzene rings is 2. The Kier molecular flexibility index (Phi) is 7.65. The van der Waals surface area contributed by atoms with Crippen molar-refractivity contribution in [3.63, 3.8) is 0 Å². The van der Waals surface area contributed by atoms with Crippen LogP contribution in [0.3, 0.4) is 0 Å². The van der Waals surface area contributed by atoms with Crippen molar-refractivity contribution in [2.45, 2.75) is 6.92 Å². The SMILES string of the molecule is Cc1c(Cl)ccc2sc(N(CCN(C)C)C(=O)c3ccc(F)cc3Cl)nc12.Cl. The van der Waals surface area contributed by atoms with E-state index in [-0.39, 0.29) is 28.9 Å². The van der Waals surface area contributed by atoms with Crippen molar-refractivity contribution in [2.24, 2.45) is 0 Å². The molecule has 0 aliphatic carbocycles. The highest BCUT2D eigenvalue weighted by molar-refractivity contribution is 7.22. The molecule has 0 bridgehead atoms. The van der Waals surface area contributed by atoms with E-state index in [1.807, 2.05) is 38.1 Å². The van der Waals surface area contributed by atoms with E-state index in [0.717, 1.165) is 21.8 Å². The Labute approximate surface area is 183 Å². The molecule has 1 aromatic heterocycles. The van der Waals surface area contributed by atoms with Gasteiger partial charge in [-0.1, -0.05) is 34.5 Å². The van der Waals surface area contributed by atoms with Gasteiger partial charge in [0.15, 0.2) is 5.13 Å². The number of aromatic nitrogens is 1. The van der Waals surface area contributed by atoms with Crippen LogP contribution in [0, 0.1) is 12.7 Å². The number of carbonyl (C=O) groups is 1. The fourth-order valence-corrected chi connectivity index (χ4v) is 4.05. The molecule has 3 rings (SSSR count). The summed E-state index contributed by atoms with van der Waals surface area (Å²) >= 11 is 13.7. The highest BCUT2D eigenvalue weighted by Gasteiger charge is 2.24. The third-order valence-corrected chi connectivity index (χ3v) is 5.91. The molecular formula is C19H19Cl3FN3OS. The Hall–Kier alpha value is -1.44. The zero-order valence-electron chi connectivity index (χ0n) is 15.5. The molecular weight excluding hydrogens is 444 g/mol. The number of rotatable bonds is 5. The van der Waals surface area contributed by atoms with Crippen molar-refractivity contribution in [2.75, 3.05) is 32.1 Å². The van der Waals surface area contributed by atoms with E-state index in [2.05, 4.69) is 4.98 Å². The van der Waals surface area contributed by atoms with E-state index in [1.165, 1.54) is 23.5 Å². The summed E-state index contributed by atoms with van der Waals surface area (Å²) in [6.45, 7) is 2.96. The van der Waals surface area contributed by atoms with Crippen LogP contribution >= 0.6 is 46.9 Å². The van der Waals surface area contributed by atoms with Crippen molar-refractivity contribution < 1.29 is 9.18 Å². The maximum atomic E-state index is 13.4. The van der Waals surface area contributed by atoms with Gasteiger partial charge in [-0.25, -0.2) is 9.37 Å². The predicted molar refractivity (Wildman–Crippen MR) is 118 cm³/mol. The zero-order chi connectivity index (χ0) is 19.7. The summed E-state index contributed by atoms with van der Waals surface area (Å²) < 4.78 is 14.3. The number of aryl methyl sites for hydroxylation is 1. The van der Waals surface area contributed by atoms with Crippen LogP contribution in [0.25, 0.3) is 10.2 Å². The molecule has 150 valence electrons. The van der Waals surface area contributed by atoms with E-state index >= 15 is 0 Å². The summed E-state index contributed by atoms with van der Waals surface area (Å²) in [7, 11) is 3.85. The first-order valence-corrected chi connectivity index (χ1v) is 9.82. The molecule has 0 saturated heterocycles. The lowest BCUT2D eigenvalue weighted by Gasteiger charge is -2.22. The number of fused-ring (bicyclic) bond motifs is 1. The fourth-order valence-electron chi connectivity index (χ4n) is 2.60. The normalized spacial score (nSPS) is 11.0. The molecule has 0 atom stereocenters. The molecule has 0 saturated carbocycles. The summed E-state index contributed by atoms with van der Waals surface area (Å²) in [4.78, 5) is 21.4. The molecule has 2 aromatic carbocycles. The Balaban J connectivity index is 0.00000280. The number of halogens is 4. The lowest BCUT2D eigenvalue weighted by Crippen LogP contribution is -2.36. The second-order valence-corrected chi connectivity index (χ2v) is 8.22. The molecule has 1 amide bonds. The number of carbonyl (C=O) groups excluding carboxylic acids is 1. The molecule has 0 radical (unpaired) electrons. The number of anilines is 1. The first-order chi connectivity index (χ1) is 12.8. The van der Waals surface area contributed by atoms with Gasteiger partial charge in [-0.15, -0.1) is 12.4 Å². The van der Waals surface area contributed by atoms with Gasteiger partial charge in [0.25, 0.3) is 5.91 Å². The molecule has 0 aliphatic heterocycles. The lowest BCUT2D eigenvalue weighted by molar-refractivity contribution is 0.0985. The second kappa shape index (κ2) is 9.37. The second-order valence-electron chi connectivity index (χ2n) is 6.40. The third kappa shape index (κ3) is 4.75. The lowest BCUT2D eigenvalue weighted by atomic mass is 10.2. The molecule has 0 unspecified atom stereocenters. The van der Waals surface area contributed by atoms with Crippen molar-refractivity contribution in [3.8, 4) is 0 Å². The number of hydrogen-bond acceptors (Lipinski definition) is 4. The minimum Gasteiger partial charge on any atom is -0.308 e. The minimum atomic E-state index is -0.485. The van der Waals surface area contributed by atoms with Crippen LogP contribution in [0.5, 0.6) is 0 Å². The molecule has 0 fully saturated rings. The number of amides is 1. The van der Waals surface area contributed by atoms with Crippen LogP contribution in [0.2, 0.25) is 10.0 Å². The Morgan fingerprint density at radius 3 is 2.50 bits per heavy atom. The first kappa shape index (κ1) is 22.8. The van der Waals surface area contributed by atoms with E-state index in [9.17, 15) is 9.18 Å². The quantitative estimate of drug-likeness (QED) is 0.489. The number of hydrogen-bond donors (Lipinski definition) is 0. The molecule has 1 heterocycles. The number of likely N-dealkylation sites (N-methyl/N-ethyl adjacent to an activating group) is 1. The summed E-state index contributed by atoms with van der Waals surface area (Å²) in [5.74, 6) is -0.800. The van der Waals surface area contributed by atoms with Crippen LogP contribution in [0.15, 0.2) is 30.3 Å². The molecule has 28 heavy (non-hydrogen) atoms. The molecule has 0 spiro atoms. The van der Waals surface area contributed by atoms with Crippen molar-refractivity contribution in [3.05, 3.63) is 57.3 Å². The molecule has 9 heteroatoms. The molecule has 4 nitrogen and oxygen atoms in total. The van der Waals surface area contributed by atoms with E-state index in [4.69, 9.17) is 23.2 Å². The molecule has 0 aliphatic rings. The van der Waals surface area contributed by atoms with Crippen LogP contribution in [-0.4, -0.2) is 43.0 Å². The standard InChI is InChI=1S/C19H18Cl2FN3OS.ClH/c1-11-14(20)6-7-16-17(11)23-19(27-16)25(9-8-24(2)3)18(26)13-5-4-12(22)10-15(13)21;/h4-7,10H,8-9H2,1-3H3;1H. The largest absolute Gasteiger partial charge is 0.308 e. The van der Waals surface area contributed by atoms with Crippen LogP contribution in [-0.2, 0) is 0 Å². The summed E-state index contributed by atoms with van der Waals surface area (Å²) in [5, 5.41) is 1.27. The van der Waals surface area contributed by atoms with Gasteiger partial charge < -0.3 is 4.90 Å². The average Bonchev–Trinajstić information content (AvgIpc) is 3.02. The van der Waals surface area contributed by atoms with Crippen molar-refractivity contribution >= 4 is 68.2 Å². The van der Waals surface area contributed by atoms with Gasteiger partial charge in [-0.3, -0.25) is 9.69 Å². The summed E-state index contributed by atoms with van der Waals surface area (Å²) in [5.41, 5.74) is 1.89. The number of thiazole rings is 1. The summed E-state index contributed by atoms with van der Waals surface area (Å²) in [6.07, 6.45) is 0. The van der Waals surface area contributed by atoms with Gasteiger partial charge in [-0.05, 0) is 56.9 Å². The van der Waals surface area contributed by atoms with Crippen LogP contribution in [0.1, 0.15) is 15.9 Å². The van der Waals surface area contributed by atoms with Crippen LogP contribution in [0.4, 0.5) is 9.52 Å². The molecule has 3 aromatic rings. The molecule has 0 N–H and O–H groups in total. The smallest absolute Gasteiger partial charge is 0.261 e. The Morgan fingerprint density at radius 2 is 1.86 bits per heavy atom. The van der Waals surface area contributed by atoms with Gasteiger partial charge in [0.1, 0.15) is 5.82 Å². The minimum absolute atomic E-state index is 0. The van der Waals surface area contributed by atoms with E-state index in [1.54, 1.807) is 4.90 Å². The van der Waals surface area contributed by atoms with E-state index in [0.29, 0.717) is 23.2 Å². The van der Waals surface area contributed by atoms with E-state index < -0.39 is 5.82 Å². The monoisotopic (exact) mass is 461 g/mol. The predicted octanol–water partition coefficient (Wildman–Crippen LogP) is 5.68. The van der Waals surface area contributed by atoms with Crippen molar-refractivity contribution in [1.82, 2.24) is 9.88 Å². The Morgan fingerprint density at radius 1 is 1.14 bits per heavy atom. The third-order valence-electron chi connectivity index (χ3n) is 4.14. The highest BCUT2D eigenvalue weighted by atomic mass is 35.5. The van der Waals surface area contributed by atoms with Gasteiger partial charge >= 0.3 is 0 Å². The topological polar surface area (TPSA) is 36.4 Å². The maximum absolute atomic E-state index is 13.4. The van der Waals surface area contributed by atoms with Gasteiger partial charge in [0, 0.05) is 18.1 Å². The van der Waals surface area contributed by atoms with Crippen LogP contribution < -0.4 is 4.90 Å². The Bertz CT molecular complexity index is 1010. The number of nitrogens with zero attached hydrogens (tertiary/aromatic N) is 3. The maximum Gasteiger partial charge on any atom is 0.261 e. The van der Waals surface area contributed by atoms with Gasteiger partial charge in [0.2, 0.25) is 0 Å². The average molecular weight is 463 g/mol. The summed E-state index contributed by atoms with van der Waals surface area (Å²) in [6, 6.07) is 7.49. The fraction of sp³-hybridized carbons (Fsp3) is 0.263. The first-order valence-electron chi connectivity index (χ1n) is 8.25. The highest BCUT2D eigenvalue weighted by Crippen LogP contribution is 2.34. The zero-order valence-corrected chi connectivity index (χ0v) is 18.6. The van der Waals surface area contributed by atoms with Gasteiger partial charge in [-0.2, -0.15) is 0 Å². The van der Waals surface area contributed by atoms with Crippen molar-refractivity contribution in [1.29, 1.82) is 0 Å².